The molecular formula is C35H40N2O10S4. The van der Waals surface area contributed by atoms with Gasteiger partial charge in [-0.1, -0.05) is 72.1 Å². The Kier molecular flexibility index (Phi) is 13.9. The molecule has 0 amide bonds. The smallest absolute Gasteiger partial charge is 0.324 e. The summed E-state index contributed by atoms with van der Waals surface area (Å²) >= 11 is 2.80. The number of carboxylic acids is 1. The van der Waals surface area contributed by atoms with Crippen molar-refractivity contribution in [3.05, 3.63) is 101 Å². The van der Waals surface area contributed by atoms with Gasteiger partial charge in [0.25, 0.3) is 20.2 Å². The van der Waals surface area contributed by atoms with E-state index in [0.717, 1.165) is 26.1 Å². The number of para-hydroxylation sites is 1. The number of rotatable bonds is 15. The zero-order valence-corrected chi connectivity index (χ0v) is 31.4. The van der Waals surface area contributed by atoms with Gasteiger partial charge in [-0.3, -0.25) is 23.7 Å². The second-order valence-corrected chi connectivity index (χ2v) is 17.1. The fraction of sp³-hybridized carbons (Fsp3) is 0.343. The molecule has 16 heteroatoms. The van der Waals surface area contributed by atoms with Gasteiger partial charge in [0.1, 0.15) is 0 Å². The zero-order chi connectivity index (χ0) is 37.2. The van der Waals surface area contributed by atoms with Gasteiger partial charge in [-0.25, -0.2) is 0 Å². The molecular weight excluding hydrogens is 737 g/mol. The highest BCUT2D eigenvalue weighted by atomic mass is 32.2. The summed E-state index contributed by atoms with van der Waals surface area (Å²) in [6, 6.07) is 15.2. The molecule has 2 aromatic carbocycles. The molecule has 0 fully saturated rings. The minimum atomic E-state index is -4.15. The van der Waals surface area contributed by atoms with E-state index >= 15 is 0 Å². The molecule has 4 rings (SSSR count). The van der Waals surface area contributed by atoms with Crippen molar-refractivity contribution in [3.8, 4) is 0 Å². The Morgan fingerprint density at radius 1 is 1.00 bits per heavy atom. The van der Waals surface area contributed by atoms with Crippen molar-refractivity contribution < 1.29 is 45.4 Å². The third-order valence-corrected chi connectivity index (χ3v) is 11.8. The van der Waals surface area contributed by atoms with Gasteiger partial charge in [-0.2, -0.15) is 16.8 Å². The van der Waals surface area contributed by atoms with Crippen molar-refractivity contribution in [3.63, 3.8) is 0 Å². The van der Waals surface area contributed by atoms with Crippen LogP contribution in [0.2, 0.25) is 0 Å². The minimum Gasteiger partial charge on any atom is -0.480 e. The van der Waals surface area contributed by atoms with Crippen molar-refractivity contribution >= 4 is 66.4 Å². The number of allylic oxidation sites excluding steroid dienone is 6. The molecule has 3 N–H and O–H groups in total. The molecule has 0 spiro atoms. The first kappa shape index (κ1) is 40.1. The number of hydrogen-bond donors (Lipinski definition) is 3. The van der Waals surface area contributed by atoms with Gasteiger partial charge in [-0.05, 0) is 86.6 Å². The highest BCUT2D eigenvalue weighted by molar-refractivity contribution is 8.14. The van der Waals surface area contributed by atoms with E-state index < -0.39 is 49.1 Å². The Labute approximate surface area is 307 Å². The van der Waals surface area contributed by atoms with E-state index in [1.54, 1.807) is 37.3 Å². The first-order valence-corrected chi connectivity index (χ1v) is 20.9. The highest BCUT2D eigenvalue weighted by Gasteiger charge is 2.50. The van der Waals surface area contributed by atoms with Crippen LogP contribution in [0.15, 0.2) is 110 Å². The topological polar surface area (TPSA) is 188 Å². The summed E-state index contributed by atoms with van der Waals surface area (Å²) in [7, 11) is -8.30. The van der Waals surface area contributed by atoms with E-state index in [9.17, 15) is 36.1 Å². The van der Waals surface area contributed by atoms with Crippen LogP contribution in [0.3, 0.4) is 0 Å². The van der Waals surface area contributed by atoms with Gasteiger partial charge < -0.3 is 14.7 Å². The van der Waals surface area contributed by atoms with E-state index in [0.29, 0.717) is 22.7 Å². The van der Waals surface area contributed by atoms with Gasteiger partial charge >= 0.3 is 11.9 Å². The van der Waals surface area contributed by atoms with Crippen LogP contribution >= 0.6 is 23.5 Å². The lowest BCUT2D eigenvalue weighted by Gasteiger charge is -2.31. The fourth-order valence-electron chi connectivity index (χ4n) is 5.47. The van der Waals surface area contributed by atoms with Crippen LogP contribution in [-0.4, -0.2) is 79.2 Å². The molecule has 0 saturated carbocycles. The van der Waals surface area contributed by atoms with Crippen LogP contribution in [0.4, 0.5) is 5.69 Å². The summed E-state index contributed by atoms with van der Waals surface area (Å²) in [6.45, 7) is 3.95. The number of aliphatic imine (C=N–C) groups is 1. The molecule has 1 heterocycles. The number of ether oxygens (including phenoxy) is 1. The summed E-state index contributed by atoms with van der Waals surface area (Å²) in [5.74, 6) is -3.05. The van der Waals surface area contributed by atoms with Gasteiger partial charge in [0.15, 0.2) is 5.41 Å². The van der Waals surface area contributed by atoms with E-state index in [1.165, 1.54) is 23.5 Å². The maximum atomic E-state index is 13.3. The molecule has 1 aliphatic heterocycles. The number of thioether (sulfide) groups is 2. The molecule has 0 bridgehead atoms. The average Bonchev–Trinajstić information content (AvgIpc) is 3.41. The summed E-state index contributed by atoms with van der Waals surface area (Å²) in [4.78, 5) is 34.5. The Morgan fingerprint density at radius 2 is 1.69 bits per heavy atom. The maximum Gasteiger partial charge on any atom is 0.324 e. The highest BCUT2D eigenvalue weighted by Crippen LogP contribution is 2.46. The molecule has 274 valence electrons. The van der Waals surface area contributed by atoms with Crippen LogP contribution in [0.1, 0.15) is 38.2 Å². The van der Waals surface area contributed by atoms with Crippen molar-refractivity contribution in [2.24, 2.45) is 10.4 Å². The molecule has 0 saturated heterocycles. The Morgan fingerprint density at radius 3 is 2.37 bits per heavy atom. The average molecular weight is 777 g/mol. The summed E-state index contributed by atoms with van der Waals surface area (Å²) in [5, 5.41) is 11.7. The Hall–Kier alpha value is -3.67. The Bertz CT molecular complexity index is 2000. The monoisotopic (exact) mass is 776 g/mol. The second-order valence-electron chi connectivity index (χ2n) is 11.8. The van der Waals surface area contributed by atoms with Crippen molar-refractivity contribution in [2.75, 3.05) is 36.1 Å². The molecule has 1 atom stereocenters. The number of hydrogen-bond acceptors (Lipinski definition) is 11. The van der Waals surface area contributed by atoms with Crippen LogP contribution in [0, 0.1) is 12.3 Å². The lowest BCUT2D eigenvalue weighted by molar-refractivity contribution is -0.168. The van der Waals surface area contributed by atoms with Crippen molar-refractivity contribution in [1.82, 2.24) is 0 Å². The molecule has 0 aromatic heterocycles. The standard InChI is InChI=1S/C35H40N2O10S4/c1-3-47-34(40)35(33(38)39)23-26(14-16-31(36-18-8-20-50(41,42)43)48-29-12-6-4-10-25(29)2)22-27(24-35)15-17-32-37(19-9-21-51(44,45)46)28-11-5-7-13-30(28)49-32/h4-7,10-17,22H,3,8-9,18-21,23-24H2,1-2H3,(H,38,39)(H,41,42,43)(H,44,45,46)/b16-14+,27-15-,32-17-,36-31?. The SMILES string of the molecule is CCOC(=O)C1(C(=O)O)CC(/C=C/C(=NCCCS(=O)(=O)O)Sc2ccccc2C)=CC(=C/C=C2\Sc3ccccc3N2CCCS(=O)(=O)O)/C1. The minimum absolute atomic E-state index is 0.00724. The van der Waals surface area contributed by atoms with Crippen LogP contribution < -0.4 is 4.90 Å². The van der Waals surface area contributed by atoms with Gasteiger partial charge in [0, 0.05) is 22.9 Å². The predicted molar refractivity (Wildman–Crippen MR) is 200 cm³/mol. The van der Waals surface area contributed by atoms with Crippen molar-refractivity contribution in [2.45, 2.75) is 49.3 Å². The number of nitrogens with zero attached hydrogens (tertiary/aromatic N) is 2. The molecule has 1 unspecified atom stereocenters. The van der Waals surface area contributed by atoms with E-state index in [-0.39, 0.29) is 38.8 Å². The largest absolute Gasteiger partial charge is 0.480 e. The summed E-state index contributed by atoms with van der Waals surface area (Å²) in [6.07, 6.45) is 8.68. The fourth-order valence-corrected chi connectivity index (χ4v) is 8.45. The van der Waals surface area contributed by atoms with Gasteiger partial charge in [0.2, 0.25) is 0 Å². The van der Waals surface area contributed by atoms with E-state index in [4.69, 9.17) is 9.29 Å². The Balaban J connectivity index is 1.72. The van der Waals surface area contributed by atoms with Gasteiger partial charge in [-0.15, -0.1) is 0 Å². The number of aliphatic carboxylic acids is 1. The number of esters is 1. The quantitative estimate of drug-likeness (QED) is 0.0347. The van der Waals surface area contributed by atoms with E-state index in [2.05, 4.69) is 4.99 Å². The van der Waals surface area contributed by atoms with Gasteiger partial charge in [0.05, 0.1) is 33.9 Å². The molecule has 0 radical (unpaired) electrons. The first-order valence-electron chi connectivity index (χ1n) is 16.0. The molecule has 2 aliphatic rings. The normalized spacial score (nSPS) is 19.8. The molecule has 1 aliphatic carbocycles. The van der Waals surface area contributed by atoms with Crippen LogP contribution in [0.25, 0.3) is 0 Å². The number of benzene rings is 2. The number of carbonyl (C=O) groups excluding carboxylic acids is 1. The van der Waals surface area contributed by atoms with Crippen LogP contribution in [0.5, 0.6) is 0 Å². The summed E-state index contributed by atoms with van der Waals surface area (Å²) in [5.41, 5.74) is 1.00. The third-order valence-electron chi connectivity index (χ3n) is 7.89. The third kappa shape index (κ3) is 11.7. The molecule has 51 heavy (non-hydrogen) atoms. The molecule has 12 nitrogen and oxygen atoms in total. The number of anilines is 1. The number of aryl methyl sites for hydroxylation is 1. The number of carbonyl (C=O) groups is 2. The number of carboxylic acid groups (broad SMARTS) is 1. The number of fused-ring (bicyclic) bond motifs is 1. The van der Waals surface area contributed by atoms with Crippen molar-refractivity contribution in [1.29, 1.82) is 0 Å². The predicted octanol–water partition coefficient (Wildman–Crippen LogP) is 6.33. The maximum absolute atomic E-state index is 13.3. The lowest BCUT2D eigenvalue weighted by atomic mass is 9.72. The lowest BCUT2D eigenvalue weighted by Crippen LogP contribution is -2.42. The van der Waals surface area contributed by atoms with E-state index in [1.807, 2.05) is 60.4 Å². The molecule has 2 aromatic rings. The summed E-state index contributed by atoms with van der Waals surface area (Å²) < 4.78 is 68.9. The second kappa shape index (κ2) is 17.7. The zero-order valence-electron chi connectivity index (χ0n) is 28.1. The van der Waals surface area contributed by atoms with Crippen LogP contribution in [-0.2, 0) is 34.6 Å². The first-order chi connectivity index (χ1) is 24.1.